The first-order valence-electron chi connectivity index (χ1n) is 6.76. The highest BCUT2D eigenvalue weighted by molar-refractivity contribution is 7.13. The van der Waals surface area contributed by atoms with Crippen LogP contribution in [0.4, 0.5) is 4.39 Å². The molecule has 3 heterocycles. The van der Waals surface area contributed by atoms with Crippen LogP contribution in [0, 0.1) is 0 Å². The van der Waals surface area contributed by atoms with Crippen molar-refractivity contribution >= 4 is 22.4 Å². The van der Waals surface area contributed by atoms with Gasteiger partial charge in [-0.3, -0.25) is 4.98 Å². The van der Waals surface area contributed by atoms with E-state index in [9.17, 15) is 4.39 Å². The Kier molecular flexibility index (Phi) is 4.25. The Bertz CT molecular complexity index is 844. The third-order valence-corrected chi connectivity index (χ3v) is 3.97. The Hall–Kier alpha value is -2.53. The number of rotatable bonds is 5. The summed E-state index contributed by atoms with van der Waals surface area (Å²) in [5, 5.41) is 1.09. The van der Waals surface area contributed by atoms with Crippen molar-refractivity contribution in [2.24, 2.45) is 0 Å². The van der Waals surface area contributed by atoms with Crippen LogP contribution in [0.15, 0.2) is 66.9 Å². The normalized spacial score (nSPS) is 11.9. The number of fused-ring (bicyclic) bond motifs is 1. The lowest BCUT2D eigenvalue weighted by atomic mass is 10.1. The van der Waals surface area contributed by atoms with Gasteiger partial charge in [-0.25, -0.2) is 9.37 Å². The Morgan fingerprint density at radius 2 is 2.27 bits per heavy atom. The van der Waals surface area contributed by atoms with Gasteiger partial charge in [0.05, 0.1) is 10.4 Å². The third kappa shape index (κ3) is 3.20. The fourth-order valence-electron chi connectivity index (χ4n) is 2.15. The van der Waals surface area contributed by atoms with Crippen molar-refractivity contribution in [1.82, 2.24) is 15.0 Å². The highest BCUT2D eigenvalue weighted by Crippen LogP contribution is 2.30. The molecule has 0 aromatic carbocycles. The second-order valence-corrected chi connectivity index (χ2v) is 5.63. The Balaban J connectivity index is 1.83. The van der Waals surface area contributed by atoms with E-state index in [4.69, 9.17) is 0 Å². The predicted molar refractivity (Wildman–Crippen MR) is 89.4 cm³/mol. The molecule has 0 aliphatic rings. The molecule has 0 spiro atoms. The first-order chi connectivity index (χ1) is 10.7. The quantitative estimate of drug-likeness (QED) is 0.686. The molecule has 0 aliphatic carbocycles. The van der Waals surface area contributed by atoms with E-state index < -0.39 is 5.83 Å². The van der Waals surface area contributed by atoms with E-state index in [1.165, 1.54) is 6.08 Å². The van der Waals surface area contributed by atoms with Gasteiger partial charge in [-0.2, -0.15) is 0 Å². The number of nitrogens with zero attached hydrogens (tertiary/aromatic N) is 2. The number of allylic oxidation sites excluding steroid dienone is 5. The van der Waals surface area contributed by atoms with Gasteiger partial charge in [-0.15, -0.1) is 11.3 Å². The van der Waals surface area contributed by atoms with Crippen LogP contribution in [-0.4, -0.2) is 15.0 Å². The van der Waals surface area contributed by atoms with Gasteiger partial charge in [-0.1, -0.05) is 24.8 Å². The molecule has 3 aromatic heterocycles. The lowest BCUT2D eigenvalue weighted by molar-refractivity contribution is 0.671. The topological polar surface area (TPSA) is 41.6 Å². The van der Waals surface area contributed by atoms with Crippen LogP contribution in [0.25, 0.3) is 21.5 Å². The summed E-state index contributed by atoms with van der Waals surface area (Å²) in [6.07, 6.45) is 13.1. The van der Waals surface area contributed by atoms with Crippen molar-refractivity contribution in [1.29, 1.82) is 0 Å². The molecule has 3 rings (SSSR count). The van der Waals surface area contributed by atoms with Crippen LogP contribution in [0.2, 0.25) is 0 Å². The summed E-state index contributed by atoms with van der Waals surface area (Å²) >= 11 is 1.60. The van der Waals surface area contributed by atoms with Crippen LogP contribution < -0.4 is 0 Å². The van der Waals surface area contributed by atoms with Gasteiger partial charge in [0.1, 0.15) is 11.5 Å². The third-order valence-electron chi connectivity index (χ3n) is 3.16. The fourth-order valence-corrected chi connectivity index (χ4v) is 2.81. The van der Waals surface area contributed by atoms with Crippen molar-refractivity contribution in [2.45, 2.75) is 6.42 Å². The van der Waals surface area contributed by atoms with Crippen LogP contribution in [0.1, 0.15) is 5.56 Å². The minimum Gasteiger partial charge on any atom is -0.345 e. The Morgan fingerprint density at radius 3 is 3.05 bits per heavy atom. The van der Waals surface area contributed by atoms with Crippen molar-refractivity contribution in [2.75, 3.05) is 0 Å². The summed E-state index contributed by atoms with van der Waals surface area (Å²) < 4.78 is 12.4. The minimum absolute atomic E-state index is 0.450. The first kappa shape index (κ1) is 14.4. The molecule has 0 saturated carbocycles. The highest BCUT2D eigenvalue weighted by Gasteiger charge is 2.08. The largest absolute Gasteiger partial charge is 0.345 e. The van der Waals surface area contributed by atoms with Gasteiger partial charge in [0.25, 0.3) is 0 Å². The van der Waals surface area contributed by atoms with E-state index in [0.29, 0.717) is 0 Å². The number of pyridine rings is 1. The van der Waals surface area contributed by atoms with Gasteiger partial charge in [0.2, 0.25) is 0 Å². The Morgan fingerprint density at radius 1 is 1.36 bits per heavy atom. The van der Waals surface area contributed by atoms with Gasteiger partial charge in [0, 0.05) is 29.5 Å². The summed E-state index contributed by atoms with van der Waals surface area (Å²) in [6.45, 7) is 3.17. The molecule has 1 N–H and O–H groups in total. The number of aromatic amines is 1. The second-order valence-electron chi connectivity index (χ2n) is 4.75. The molecule has 0 fully saturated rings. The van der Waals surface area contributed by atoms with Crippen LogP contribution in [-0.2, 0) is 6.42 Å². The molecule has 110 valence electrons. The van der Waals surface area contributed by atoms with E-state index in [2.05, 4.69) is 27.6 Å². The molecular weight excluding hydrogens is 297 g/mol. The maximum absolute atomic E-state index is 12.4. The molecule has 0 unspecified atom stereocenters. The minimum atomic E-state index is -0.450. The number of halogens is 1. The van der Waals surface area contributed by atoms with Crippen LogP contribution in [0.3, 0.4) is 0 Å². The standard InChI is InChI=1S/C17H14FN3S/c1-12(18)5-3-2-4-6-13-7-14-15(16-10-19-11-22-16)9-21-17(14)20-8-13/h2-5,7-11H,1,6H2,(H,20,21)/b4-2-,5-3-. The molecule has 3 nitrogen and oxygen atoms in total. The van der Waals surface area contributed by atoms with Crippen molar-refractivity contribution in [3.8, 4) is 10.4 Å². The number of nitrogens with one attached hydrogen (secondary N) is 1. The lowest BCUT2D eigenvalue weighted by Gasteiger charge is -1.98. The smallest absolute Gasteiger partial charge is 0.137 e. The summed E-state index contributed by atoms with van der Waals surface area (Å²) in [7, 11) is 0. The molecule has 0 saturated heterocycles. The van der Waals surface area contributed by atoms with Crippen LogP contribution in [0.5, 0.6) is 0 Å². The number of hydrogen-bond donors (Lipinski definition) is 1. The average molecular weight is 311 g/mol. The number of aromatic nitrogens is 3. The molecule has 0 atom stereocenters. The van der Waals surface area contributed by atoms with Gasteiger partial charge >= 0.3 is 0 Å². The van der Waals surface area contributed by atoms with E-state index in [1.807, 2.05) is 30.2 Å². The molecule has 0 bridgehead atoms. The lowest BCUT2D eigenvalue weighted by Crippen LogP contribution is -1.84. The number of H-pyrrole nitrogens is 1. The molecule has 0 amide bonds. The molecule has 5 heteroatoms. The molecule has 3 aromatic rings. The summed E-state index contributed by atoms with van der Waals surface area (Å²) in [6, 6.07) is 2.12. The zero-order valence-corrected chi connectivity index (χ0v) is 12.6. The van der Waals surface area contributed by atoms with Gasteiger partial charge in [0.15, 0.2) is 0 Å². The van der Waals surface area contributed by atoms with E-state index in [1.54, 1.807) is 23.5 Å². The maximum Gasteiger partial charge on any atom is 0.137 e. The number of hydrogen-bond acceptors (Lipinski definition) is 3. The molecular formula is C17H14FN3S. The van der Waals surface area contributed by atoms with Crippen LogP contribution >= 0.6 is 11.3 Å². The Labute approximate surface area is 131 Å². The van der Waals surface area contributed by atoms with Crippen molar-refractivity contribution in [3.63, 3.8) is 0 Å². The zero-order chi connectivity index (χ0) is 15.4. The summed E-state index contributed by atoms with van der Waals surface area (Å²) in [4.78, 5) is 12.9. The second kappa shape index (κ2) is 6.49. The highest BCUT2D eigenvalue weighted by atomic mass is 32.1. The number of thiazole rings is 1. The molecule has 0 radical (unpaired) electrons. The summed E-state index contributed by atoms with van der Waals surface area (Å²) in [5.74, 6) is -0.450. The first-order valence-corrected chi connectivity index (χ1v) is 7.64. The van der Waals surface area contributed by atoms with Crippen molar-refractivity contribution in [3.05, 3.63) is 72.4 Å². The molecule has 0 aliphatic heterocycles. The monoisotopic (exact) mass is 311 g/mol. The zero-order valence-electron chi connectivity index (χ0n) is 11.8. The van der Waals surface area contributed by atoms with Gasteiger partial charge in [-0.05, 0) is 24.1 Å². The fraction of sp³-hybridized carbons (Fsp3) is 0.0588. The molecule has 22 heavy (non-hydrogen) atoms. The summed E-state index contributed by atoms with van der Waals surface area (Å²) in [5.41, 5.74) is 4.90. The predicted octanol–water partition coefficient (Wildman–Crippen LogP) is 4.82. The van der Waals surface area contributed by atoms with Gasteiger partial charge < -0.3 is 4.98 Å². The van der Waals surface area contributed by atoms with E-state index in [0.717, 1.165) is 33.5 Å². The maximum atomic E-state index is 12.4. The SMILES string of the molecule is C=C(F)/C=C\C=C/Cc1cnc2[nH]cc(-c3cncs3)c2c1. The average Bonchev–Trinajstić information content (AvgIpc) is 3.15. The van der Waals surface area contributed by atoms with E-state index >= 15 is 0 Å². The van der Waals surface area contributed by atoms with Crippen molar-refractivity contribution < 1.29 is 4.39 Å². The van der Waals surface area contributed by atoms with E-state index in [-0.39, 0.29) is 0 Å².